The van der Waals surface area contributed by atoms with Crippen LogP contribution in [0.4, 0.5) is 4.39 Å². The average Bonchev–Trinajstić information content (AvgIpc) is 2.84. The molecule has 2 rings (SSSR count). The fraction of sp³-hybridized carbons (Fsp3) is 0.462. The number of carbonyl (C=O) groups is 1. The van der Waals surface area contributed by atoms with Crippen molar-refractivity contribution >= 4 is 15.9 Å². The van der Waals surface area contributed by atoms with Gasteiger partial charge in [0.05, 0.1) is 17.0 Å². The first-order valence-corrected chi connectivity index (χ1v) is 8.03. The van der Waals surface area contributed by atoms with Gasteiger partial charge in [0.1, 0.15) is 5.82 Å². The van der Waals surface area contributed by atoms with E-state index in [1.54, 1.807) is 7.11 Å². The summed E-state index contributed by atoms with van der Waals surface area (Å²) in [5, 5.41) is 7.69. The van der Waals surface area contributed by atoms with E-state index >= 15 is 0 Å². The molecule has 0 heterocycles. The number of ether oxygens (including phenoxy) is 1. The molecule has 1 aliphatic rings. The summed E-state index contributed by atoms with van der Waals surface area (Å²) in [5.74, 6) is -1.38. The first-order chi connectivity index (χ1) is 9.81. The molecule has 1 aromatic rings. The number of benzene rings is 1. The number of amides is 1. The largest absolute Gasteiger partial charge is 0.379 e. The van der Waals surface area contributed by atoms with E-state index in [-0.39, 0.29) is 17.7 Å². The molecule has 0 bridgehead atoms. The summed E-state index contributed by atoms with van der Waals surface area (Å²) >= 11 is 0. The number of hydrogen-bond donors (Lipinski definition) is 2. The van der Waals surface area contributed by atoms with Crippen molar-refractivity contribution in [3.8, 4) is 0 Å². The number of methoxy groups -OCH3 is 1. The lowest BCUT2D eigenvalue weighted by molar-refractivity contribution is 0.0722. The van der Waals surface area contributed by atoms with Crippen LogP contribution in [-0.4, -0.2) is 33.6 Å². The Morgan fingerprint density at radius 3 is 2.71 bits per heavy atom. The highest BCUT2D eigenvalue weighted by Gasteiger charge is 2.29. The highest BCUT2D eigenvalue weighted by Crippen LogP contribution is 2.22. The highest BCUT2D eigenvalue weighted by atomic mass is 32.2. The van der Waals surface area contributed by atoms with Gasteiger partial charge in [-0.2, -0.15) is 0 Å². The van der Waals surface area contributed by atoms with Gasteiger partial charge in [-0.3, -0.25) is 4.79 Å². The summed E-state index contributed by atoms with van der Waals surface area (Å²) < 4.78 is 41.2. The van der Waals surface area contributed by atoms with Crippen molar-refractivity contribution in [1.82, 2.24) is 5.32 Å². The molecule has 1 aliphatic carbocycles. The monoisotopic (exact) mass is 316 g/mol. The van der Waals surface area contributed by atoms with Gasteiger partial charge in [0.15, 0.2) is 0 Å². The van der Waals surface area contributed by atoms with Crippen molar-refractivity contribution in [3.63, 3.8) is 0 Å². The maximum absolute atomic E-state index is 13.5. The molecule has 8 heteroatoms. The minimum absolute atomic E-state index is 0.0826. The van der Waals surface area contributed by atoms with E-state index in [1.807, 2.05) is 0 Å². The zero-order chi connectivity index (χ0) is 15.6. The van der Waals surface area contributed by atoms with Gasteiger partial charge in [-0.15, -0.1) is 0 Å². The molecule has 0 aliphatic heterocycles. The van der Waals surface area contributed by atoms with Gasteiger partial charge < -0.3 is 10.1 Å². The lowest BCUT2D eigenvalue weighted by Crippen LogP contribution is -2.40. The van der Waals surface area contributed by atoms with Gasteiger partial charge in [0, 0.05) is 12.7 Å². The van der Waals surface area contributed by atoms with Crippen molar-refractivity contribution in [1.29, 1.82) is 0 Å². The lowest BCUT2D eigenvalue weighted by Gasteiger charge is -2.19. The molecule has 2 atom stereocenters. The highest BCUT2D eigenvalue weighted by molar-refractivity contribution is 7.89. The van der Waals surface area contributed by atoms with E-state index in [0.29, 0.717) is 0 Å². The molecule has 0 saturated heterocycles. The fourth-order valence-corrected chi connectivity index (χ4v) is 3.05. The van der Waals surface area contributed by atoms with Crippen LogP contribution in [0.3, 0.4) is 0 Å². The number of sulfonamides is 1. The average molecular weight is 316 g/mol. The molecule has 1 saturated carbocycles. The SMILES string of the molecule is COC1CCCC1NC(=O)c1cc(F)cc(S(N)(=O)=O)c1. The molecule has 0 spiro atoms. The number of primary sulfonamides is 1. The molecule has 3 N–H and O–H groups in total. The van der Waals surface area contributed by atoms with Crippen molar-refractivity contribution in [2.75, 3.05) is 7.11 Å². The lowest BCUT2D eigenvalue weighted by atomic mass is 10.1. The predicted octanol–water partition coefficient (Wildman–Crippen LogP) is 0.770. The van der Waals surface area contributed by atoms with Crippen molar-refractivity contribution in [2.24, 2.45) is 5.14 Å². The van der Waals surface area contributed by atoms with E-state index in [1.165, 1.54) is 0 Å². The van der Waals surface area contributed by atoms with Crippen LogP contribution >= 0.6 is 0 Å². The Morgan fingerprint density at radius 1 is 1.38 bits per heavy atom. The maximum atomic E-state index is 13.5. The third-order valence-electron chi connectivity index (χ3n) is 3.53. The third-order valence-corrected chi connectivity index (χ3v) is 4.43. The molecule has 21 heavy (non-hydrogen) atoms. The van der Waals surface area contributed by atoms with E-state index in [4.69, 9.17) is 9.88 Å². The first-order valence-electron chi connectivity index (χ1n) is 6.48. The molecule has 1 amide bonds. The number of halogens is 1. The van der Waals surface area contributed by atoms with Gasteiger partial charge in [-0.25, -0.2) is 17.9 Å². The number of rotatable bonds is 4. The summed E-state index contributed by atoms with van der Waals surface area (Å²) in [6.07, 6.45) is 2.45. The Kier molecular flexibility index (Phi) is 4.60. The Hall–Kier alpha value is -1.51. The minimum atomic E-state index is -4.07. The fourth-order valence-electron chi connectivity index (χ4n) is 2.48. The smallest absolute Gasteiger partial charge is 0.251 e. The number of nitrogens with one attached hydrogen (secondary N) is 1. The quantitative estimate of drug-likeness (QED) is 0.857. The second kappa shape index (κ2) is 6.08. The molecule has 1 aromatic carbocycles. The molecule has 0 radical (unpaired) electrons. The summed E-state index contributed by atoms with van der Waals surface area (Å²) in [7, 11) is -2.50. The minimum Gasteiger partial charge on any atom is -0.379 e. The molecule has 6 nitrogen and oxygen atoms in total. The van der Waals surface area contributed by atoms with Crippen molar-refractivity contribution < 1.29 is 22.3 Å². The van der Waals surface area contributed by atoms with Gasteiger partial charge in [0.2, 0.25) is 10.0 Å². The zero-order valence-corrected chi connectivity index (χ0v) is 12.3. The molecular formula is C13H17FN2O4S. The van der Waals surface area contributed by atoms with Gasteiger partial charge in [-0.1, -0.05) is 0 Å². The van der Waals surface area contributed by atoms with Gasteiger partial charge in [0.25, 0.3) is 5.91 Å². The number of carbonyl (C=O) groups excluding carboxylic acids is 1. The Bertz CT molecular complexity index is 648. The second-order valence-electron chi connectivity index (χ2n) is 5.01. The maximum Gasteiger partial charge on any atom is 0.251 e. The normalized spacial score (nSPS) is 22.2. The van der Waals surface area contributed by atoms with Crippen LogP contribution in [0.15, 0.2) is 23.1 Å². The number of nitrogens with two attached hydrogens (primary N) is 1. The summed E-state index contributed by atoms with van der Waals surface area (Å²) in [6.45, 7) is 0. The van der Waals surface area contributed by atoms with Crippen LogP contribution < -0.4 is 10.5 Å². The summed E-state index contributed by atoms with van der Waals surface area (Å²) in [5.41, 5.74) is -0.0826. The Balaban J connectivity index is 2.21. The van der Waals surface area contributed by atoms with Crippen LogP contribution in [0, 0.1) is 5.82 Å². The van der Waals surface area contributed by atoms with Crippen LogP contribution in [0.5, 0.6) is 0 Å². The van der Waals surface area contributed by atoms with Crippen LogP contribution in [-0.2, 0) is 14.8 Å². The van der Waals surface area contributed by atoms with Gasteiger partial charge in [-0.05, 0) is 37.5 Å². The zero-order valence-electron chi connectivity index (χ0n) is 11.5. The molecule has 2 unspecified atom stereocenters. The van der Waals surface area contributed by atoms with Gasteiger partial charge >= 0.3 is 0 Å². The van der Waals surface area contributed by atoms with Crippen LogP contribution in [0.2, 0.25) is 0 Å². The molecule has 116 valence electrons. The summed E-state index contributed by atoms with van der Waals surface area (Å²) in [4.78, 5) is 11.7. The van der Waals surface area contributed by atoms with Crippen LogP contribution in [0.25, 0.3) is 0 Å². The predicted molar refractivity (Wildman–Crippen MR) is 73.7 cm³/mol. The molecule has 0 aromatic heterocycles. The van der Waals surface area contributed by atoms with E-state index in [2.05, 4.69) is 5.32 Å². The summed E-state index contributed by atoms with van der Waals surface area (Å²) in [6, 6.07) is 2.65. The number of hydrogen-bond acceptors (Lipinski definition) is 4. The molecular weight excluding hydrogens is 299 g/mol. The topological polar surface area (TPSA) is 98.5 Å². The van der Waals surface area contributed by atoms with E-state index < -0.39 is 26.6 Å². The Morgan fingerprint density at radius 2 is 2.10 bits per heavy atom. The standard InChI is InChI=1S/C13H17FN2O4S/c1-20-12-4-2-3-11(12)16-13(17)8-5-9(14)7-10(6-8)21(15,18)19/h5-7,11-12H,2-4H2,1H3,(H,16,17)(H2,15,18,19). The second-order valence-corrected chi connectivity index (χ2v) is 6.57. The first kappa shape index (κ1) is 15.9. The third kappa shape index (κ3) is 3.78. The van der Waals surface area contributed by atoms with E-state index in [0.717, 1.165) is 37.5 Å². The molecule has 1 fully saturated rings. The van der Waals surface area contributed by atoms with Crippen molar-refractivity contribution in [2.45, 2.75) is 36.3 Å². The van der Waals surface area contributed by atoms with Crippen molar-refractivity contribution in [3.05, 3.63) is 29.6 Å². The van der Waals surface area contributed by atoms with Crippen LogP contribution in [0.1, 0.15) is 29.6 Å². The Labute approximate surface area is 122 Å². The van der Waals surface area contributed by atoms with E-state index in [9.17, 15) is 17.6 Å².